The van der Waals surface area contributed by atoms with Gasteiger partial charge in [-0.05, 0) is 47.7 Å². The molecule has 1 aliphatic rings. The SMILES string of the molecule is O=C1NC(=Nc2ccccc2)S/C1=C/c1cccc(Cl)c1. The summed E-state index contributed by atoms with van der Waals surface area (Å²) in [6.45, 7) is 0. The second-order valence-electron chi connectivity index (χ2n) is 4.37. The maximum atomic E-state index is 12.0. The van der Waals surface area contributed by atoms with E-state index < -0.39 is 0 Å². The van der Waals surface area contributed by atoms with Gasteiger partial charge in [0, 0.05) is 5.02 Å². The molecule has 0 radical (unpaired) electrons. The average molecular weight is 315 g/mol. The Bertz CT molecular complexity index is 741. The van der Waals surface area contributed by atoms with Crippen molar-refractivity contribution in [2.24, 2.45) is 4.99 Å². The van der Waals surface area contributed by atoms with Crippen LogP contribution >= 0.6 is 23.4 Å². The summed E-state index contributed by atoms with van der Waals surface area (Å²) in [7, 11) is 0. The Morgan fingerprint density at radius 3 is 2.67 bits per heavy atom. The molecular weight excluding hydrogens is 304 g/mol. The quantitative estimate of drug-likeness (QED) is 0.843. The Morgan fingerprint density at radius 1 is 1.10 bits per heavy atom. The summed E-state index contributed by atoms with van der Waals surface area (Å²) >= 11 is 7.26. The van der Waals surface area contributed by atoms with Gasteiger partial charge in [0.05, 0.1) is 10.6 Å². The number of halogens is 1. The first-order valence-corrected chi connectivity index (χ1v) is 7.50. The minimum absolute atomic E-state index is 0.144. The van der Waals surface area contributed by atoms with Gasteiger partial charge in [0.1, 0.15) is 0 Å². The molecule has 1 saturated heterocycles. The third-order valence-electron chi connectivity index (χ3n) is 2.78. The molecule has 1 aliphatic heterocycles. The fourth-order valence-corrected chi connectivity index (χ4v) is 2.89. The molecule has 0 aliphatic carbocycles. The van der Waals surface area contributed by atoms with Crippen LogP contribution in [-0.4, -0.2) is 11.1 Å². The zero-order valence-corrected chi connectivity index (χ0v) is 12.5. The van der Waals surface area contributed by atoms with Crippen LogP contribution < -0.4 is 5.32 Å². The fourth-order valence-electron chi connectivity index (χ4n) is 1.85. The molecule has 0 atom stereocenters. The highest BCUT2D eigenvalue weighted by Gasteiger charge is 2.23. The van der Waals surface area contributed by atoms with Gasteiger partial charge in [-0.2, -0.15) is 0 Å². The van der Waals surface area contributed by atoms with Gasteiger partial charge < -0.3 is 5.32 Å². The maximum Gasteiger partial charge on any atom is 0.264 e. The molecule has 0 bridgehead atoms. The number of aliphatic imine (C=N–C) groups is 1. The molecule has 104 valence electrons. The van der Waals surface area contributed by atoms with E-state index in [2.05, 4.69) is 10.3 Å². The number of rotatable bonds is 2. The van der Waals surface area contributed by atoms with Crippen molar-refractivity contribution in [2.75, 3.05) is 0 Å². The van der Waals surface area contributed by atoms with E-state index in [1.165, 1.54) is 11.8 Å². The zero-order chi connectivity index (χ0) is 14.7. The highest BCUT2D eigenvalue weighted by atomic mass is 35.5. The number of nitrogens with one attached hydrogen (secondary N) is 1. The largest absolute Gasteiger partial charge is 0.300 e. The van der Waals surface area contributed by atoms with Crippen molar-refractivity contribution in [2.45, 2.75) is 0 Å². The van der Waals surface area contributed by atoms with E-state index in [-0.39, 0.29) is 5.91 Å². The van der Waals surface area contributed by atoms with Gasteiger partial charge in [0.15, 0.2) is 5.17 Å². The number of nitrogens with zero attached hydrogens (tertiary/aromatic N) is 1. The fraction of sp³-hybridized carbons (Fsp3) is 0. The van der Waals surface area contributed by atoms with Gasteiger partial charge in [0.25, 0.3) is 5.91 Å². The third kappa shape index (κ3) is 3.54. The Morgan fingerprint density at radius 2 is 1.90 bits per heavy atom. The smallest absolute Gasteiger partial charge is 0.264 e. The first-order valence-electron chi connectivity index (χ1n) is 6.31. The lowest BCUT2D eigenvalue weighted by Crippen LogP contribution is -2.19. The minimum Gasteiger partial charge on any atom is -0.300 e. The summed E-state index contributed by atoms with van der Waals surface area (Å²) in [6.07, 6.45) is 1.80. The average Bonchev–Trinajstić information content (AvgIpc) is 2.80. The van der Waals surface area contributed by atoms with Crippen molar-refractivity contribution in [1.82, 2.24) is 5.32 Å². The number of thioether (sulfide) groups is 1. The number of carbonyl (C=O) groups excluding carboxylic acids is 1. The number of hydrogen-bond acceptors (Lipinski definition) is 3. The predicted octanol–water partition coefficient (Wildman–Crippen LogP) is 4.23. The first kappa shape index (κ1) is 13.9. The van der Waals surface area contributed by atoms with Gasteiger partial charge in [-0.1, -0.05) is 41.9 Å². The number of carbonyl (C=O) groups is 1. The van der Waals surface area contributed by atoms with E-state index in [1.807, 2.05) is 48.5 Å². The summed E-state index contributed by atoms with van der Waals surface area (Å²) in [5.74, 6) is -0.144. The molecule has 2 aromatic rings. The van der Waals surface area contributed by atoms with Crippen LogP contribution in [0, 0.1) is 0 Å². The molecule has 0 aromatic heterocycles. The monoisotopic (exact) mass is 314 g/mol. The highest BCUT2D eigenvalue weighted by Crippen LogP contribution is 2.28. The standard InChI is InChI=1S/C16H11ClN2OS/c17-12-6-4-5-11(9-12)10-14-15(20)19-16(21-14)18-13-7-2-1-3-8-13/h1-10H,(H,18,19,20)/b14-10+. The van der Waals surface area contributed by atoms with E-state index in [4.69, 9.17) is 11.6 Å². The summed E-state index contributed by atoms with van der Waals surface area (Å²) in [5, 5.41) is 3.99. The highest BCUT2D eigenvalue weighted by molar-refractivity contribution is 8.18. The van der Waals surface area contributed by atoms with Crippen LogP contribution in [0.25, 0.3) is 6.08 Å². The molecule has 1 fully saturated rings. The van der Waals surface area contributed by atoms with Gasteiger partial charge in [-0.25, -0.2) is 4.99 Å². The Balaban J connectivity index is 1.84. The van der Waals surface area contributed by atoms with E-state index in [0.717, 1.165) is 11.3 Å². The Hall–Kier alpha value is -2.04. The predicted molar refractivity (Wildman–Crippen MR) is 88.7 cm³/mol. The van der Waals surface area contributed by atoms with E-state index in [1.54, 1.807) is 12.1 Å². The molecule has 3 rings (SSSR count). The van der Waals surface area contributed by atoms with E-state index in [9.17, 15) is 4.79 Å². The molecule has 21 heavy (non-hydrogen) atoms. The van der Waals surface area contributed by atoms with Crippen molar-refractivity contribution >= 4 is 46.2 Å². The molecule has 1 N–H and O–H groups in total. The van der Waals surface area contributed by atoms with E-state index in [0.29, 0.717) is 15.1 Å². The summed E-state index contributed by atoms with van der Waals surface area (Å²) < 4.78 is 0. The molecule has 1 heterocycles. The van der Waals surface area contributed by atoms with Crippen molar-refractivity contribution in [3.63, 3.8) is 0 Å². The van der Waals surface area contributed by atoms with Crippen LogP contribution in [0.3, 0.4) is 0 Å². The number of hydrogen-bond donors (Lipinski definition) is 1. The summed E-state index contributed by atoms with van der Waals surface area (Å²) in [6, 6.07) is 16.9. The van der Waals surface area contributed by atoms with Gasteiger partial charge in [-0.3, -0.25) is 4.79 Å². The summed E-state index contributed by atoms with van der Waals surface area (Å²) in [4.78, 5) is 17.0. The second kappa shape index (κ2) is 6.16. The van der Waals surface area contributed by atoms with Crippen LogP contribution in [0.1, 0.15) is 5.56 Å². The van der Waals surface area contributed by atoms with Crippen LogP contribution in [-0.2, 0) is 4.79 Å². The topological polar surface area (TPSA) is 41.5 Å². The summed E-state index contributed by atoms with van der Waals surface area (Å²) in [5.41, 5.74) is 1.70. The molecule has 2 aromatic carbocycles. The lowest BCUT2D eigenvalue weighted by atomic mass is 10.2. The lowest BCUT2D eigenvalue weighted by Gasteiger charge is -1.95. The number of para-hydroxylation sites is 1. The molecule has 0 spiro atoms. The lowest BCUT2D eigenvalue weighted by molar-refractivity contribution is -0.115. The molecule has 3 nitrogen and oxygen atoms in total. The van der Waals surface area contributed by atoms with Crippen molar-refractivity contribution in [3.05, 3.63) is 70.1 Å². The van der Waals surface area contributed by atoms with Crippen molar-refractivity contribution in [1.29, 1.82) is 0 Å². The van der Waals surface area contributed by atoms with Crippen LogP contribution in [0.15, 0.2) is 64.5 Å². The molecule has 5 heteroatoms. The van der Waals surface area contributed by atoms with Gasteiger partial charge >= 0.3 is 0 Å². The van der Waals surface area contributed by atoms with Crippen molar-refractivity contribution in [3.8, 4) is 0 Å². The maximum absolute atomic E-state index is 12.0. The van der Waals surface area contributed by atoms with Crippen molar-refractivity contribution < 1.29 is 4.79 Å². The van der Waals surface area contributed by atoms with Crippen LogP contribution in [0.4, 0.5) is 5.69 Å². The first-order chi connectivity index (χ1) is 10.2. The Labute approximate surface area is 131 Å². The van der Waals surface area contributed by atoms with Crippen LogP contribution in [0.2, 0.25) is 5.02 Å². The second-order valence-corrected chi connectivity index (χ2v) is 5.84. The molecular formula is C16H11ClN2OS. The minimum atomic E-state index is -0.144. The number of benzene rings is 2. The third-order valence-corrected chi connectivity index (χ3v) is 3.93. The molecule has 0 saturated carbocycles. The molecule has 0 unspecified atom stereocenters. The molecule has 1 amide bonds. The Kier molecular flexibility index (Phi) is 4.08. The zero-order valence-electron chi connectivity index (χ0n) is 10.9. The van der Waals surface area contributed by atoms with Gasteiger partial charge in [-0.15, -0.1) is 0 Å². The van der Waals surface area contributed by atoms with E-state index >= 15 is 0 Å². The number of amides is 1. The van der Waals surface area contributed by atoms with Gasteiger partial charge in [0.2, 0.25) is 0 Å². The normalized spacial score (nSPS) is 18.2. The van der Waals surface area contributed by atoms with Crippen LogP contribution in [0.5, 0.6) is 0 Å². The number of amidine groups is 1.